The first-order valence-corrected chi connectivity index (χ1v) is 21.5. The number of fused-ring (bicyclic) bond motifs is 4. The molecule has 5 aromatic rings. The molecule has 0 saturated carbocycles. The molecule has 259 valence electrons. The number of ketones is 1. The number of hydrogen-bond donors (Lipinski definition) is 1. The number of aliphatic hydroxyl groups excluding tert-OH is 1. The molecule has 4 nitrogen and oxygen atoms in total. The number of carbonyl (C=O) groups excluding carboxylic acids is 1. The van der Waals surface area contributed by atoms with E-state index in [9.17, 15) is 9.90 Å². The summed E-state index contributed by atoms with van der Waals surface area (Å²) in [4.78, 5) is 20.9. The Bertz CT molecular complexity index is 1960. The monoisotopic (exact) mass is 859 g/mol. The van der Waals surface area contributed by atoms with Gasteiger partial charge in [0.05, 0.1) is 19.3 Å². The second kappa shape index (κ2) is 16.3. The van der Waals surface area contributed by atoms with Gasteiger partial charge in [0, 0.05) is 58.5 Å². The van der Waals surface area contributed by atoms with Crippen molar-refractivity contribution in [1.29, 1.82) is 0 Å². The normalized spacial score (nSPS) is 12.8. The molecule has 7 heteroatoms. The second-order valence-electron chi connectivity index (χ2n) is 14.7. The topological polar surface area (TPSA) is 63.1 Å². The molecule has 0 aliphatic heterocycles. The Morgan fingerprint density at radius 2 is 1.58 bits per heavy atom. The fraction of sp³-hybridized carbons (Fsp3) is 0.439. The molecular formula is C41H53IrN2O2SSi-. The van der Waals surface area contributed by atoms with E-state index in [-0.39, 0.29) is 55.2 Å². The van der Waals surface area contributed by atoms with Gasteiger partial charge in [-0.15, -0.1) is 40.5 Å². The van der Waals surface area contributed by atoms with Gasteiger partial charge in [-0.2, -0.15) is 0 Å². The summed E-state index contributed by atoms with van der Waals surface area (Å²) in [5, 5.41) is 14.7. The average Bonchev–Trinajstić information content (AvgIpc) is 3.40. The van der Waals surface area contributed by atoms with Crippen molar-refractivity contribution in [2.45, 2.75) is 106 Å². The summed E-state index contributed by atoms with van der Waals surface area (Å²) < 4.78 is 10.7. The van der Waals surface area contributed by atoms with E-state index in [1.54, 1.807) is 11.3 Å². The number of aromatic nitrogens is 2. The summed E-state index contributed by atoms with van der Waals surface area (Å²) >= 11 is 1.76. The third-order valence-electron chi connectivity index (χ3n) is 9.35. The van der Waals surface area contributed by atoms with Gasteiger partial charge < -0.3 is 5.11 Å². The van der Waals surface area contributed by atoms with Crippen molar-refractivity contribution >= 4 is 61.5 Å². The molecule has 2 aromatic heterocycles. The Balaban J connectivity index is 0.000000347. The van der Waals surface area contributed by atoms with Crippen LogP contribution in [-0.2, 0) is 30.3 Å². The zero-order chi connectivity index (χ0) is 35.6. The molecule has 0 bridgehead atoms. The number of thiophene rings is 1. The molecule has 0 aliphatic carbocycles. The number of allylic oxidation sites excluding steroid dienone is 2. The van der Waals surface area contributed by atoms with Crippen LogP contribution in [0.2, 0.25) is 19.6 Å². The van der Waals surface area contributed by atoms with Gasteiger partial charge in [-0.3, -0.25) is 9.78 Å². The number of carbonyl (C=O) groups is 1. The summed E-state index contributed by atoms with van der Waals surface area (Å²) in [6, 6.07) is 18.7. The standard InChI is InChI=1S/C28H29N2SSi.C13H24O2.Ir/c1-17-23(32(5,6)7)13-12-21-25-27(31-26(17)21)24(29-16-30-25)19-14-18-10-8-9-11-20(18)22(15-19)28(2,3)4;1-5-10(6-2)12(14)9-13(15)11(7-3)8-4;/h8-13,15-16H,1-7H3;9-11,14H,5-8H2,1-4H3;/q-1;;/b;12-9-;/i16D;;. The molecule has 0 aliphatic rings. The van der Waals surface area contributed by atoms with Gasteiger partial charge >= 0.3 is 0 Å². The SMILES string of the molecule is CCC(CC)C(=O)/C=C(\O)C(CC)CC.[2H]c1nc(-c2[c-]c3ccccc3c(C(C)(C)C)c2)c2sc3c(C)c([Si](C)(C)C)ccc3c2n1.[Ir]. The van der Waals surface area contributed by atoms with Gasteiger partial charge in [0.15, 0.2) is 5.78 Å². The van der Waals surface area contributed by atoms with Crippen molar-refractivity contribution in [1.82, 2.24) is 9.97 Å². The molecule has 0 atom stereocenters. The number of benzene rings is 3. The summed E-state index contributed by atoms with van der Waals surface area (Å²) in [5.41, 5.74) is 5.23. The van der Waals surface area contributed by atoms with Gasteiger partial charge in [0.2, 0.25) is 0 Å². The van der Waals surface area contributed by atoms with E-state index in [0.717, 1.165) is 57.9 Å². The van der Waals surface area contributed by atoms with Crippen LogP contribution in [0, 0.1) is 24.8 Å². The van der Waals surface area contributed by atoms with Crippen LogP contribution in [0.5, 0.6) is 0 Å². The van der Waals surface area contributed by atoms with Gasteiger partial charge in [-0.25, -0.2) is 4.98 Å². The van der Waals surface area contributed by atoms with Crippen molar-refractivity contribution in [2.24, 2.45) is 11.8 Å². The van der Waals surface area contributed by atoms with E-state index < -0.39 is 8.07 Å². The predicted octanol–water partition coefficient (Wildman–Crippen LogP) is 11.5. The number of aliphatic hydroxyl groups is 1. The number of hydrogen-bond acceptors (Lipinski definition) is 5. The fourth-order valence-corrected chi connectivity index (χ4v) is 9.65. The Labute approximate surface area is 308 Å². The van der Waals surface area contributed by atoms with Crippen LogP contribution >= 0.6 is 11.3 Å². The van der Waals surface area contributed by atoms with Crippen molar-refractivity contribution in [3.05, 3.63) is 77.8 Å². The van der Waals surface area contributed by atoms with E-state index in [1.807, 2.05) is 27.7 Å². The minimum absolute atomic E-state index is 0. The van der Waals surface area contributed by atoms with E-state index in [2.05, 4.69) is 106 Å². The Morgan fingerprint density at radius 3 is 2.17 bits per heavy atom. The molecule has 0 unspecified atom stereocenters. The maximum Gasteiger partial charge on any atom is 0.162 e. The van der Waals surface area contributed by atoms with Crippen LogP contribution in [-0.4, -0.2) is 28.9 Å². The third kappa shape index (κ3) is 8.53. The van der Waals surface area contributed by atoms with Crippen LogP contribution in [0.4, 0.5) is 0 Å². The summed E-state index contributed by atoms with van der Waals surface area (Å²) in [7, 11) is -1.46. The molecule has 3 aromatic carbocycles. The van der Waals surface area contributed by atoms with E-state index in [0.29, 0.717) is 0 Å². The molecule has 1 radical (unpaired) electrons. The fourth-order valence-electron chi connectivity index (χ4n) is 6.48. The van der Waals surface area contributed by atoms with E-state index in [4.69, 9.17) is 1.37 Å². The van der Waals surface area contributed by atoms with Crippen LogP contribution in [0.1, 0.15) is 86.6 Å². The van der Waals surface area contributed by atoms with Crippen molar-refractivity contribution < 1.29 is 31.4 Å². The summed E-state index contributed by atoms with van der Waals surface area (Å²) in [6.45, 7) is 24.2. The third-order valence-corrected chi connectivity index (χ3v) is 12.8. The summed E-state index contributed by atoms with van der Waals surface area (Å²) in [6.07, 6.45) is 4.96. The van der Waals surface area contributed by atoms with Gasteiger partial charge in [0.1, 0.15) is 7.67 Å². The first kappa shape index (κ1) is 38.1. The molecule has 48 heavy (non-hydrogen) atoms. The molecule has 0 fully saturated rings. The quantitative estimate of drug-likeness (QED) is 0.0694. The average molecular weight is 859 g/mol. The number of aryl methyl sites for hydroxylation is 1. The van der Waals surface area contributed by atoms with E-state index in [1.165, 1.54) is 32.5 Å². The Morgan fingerprint density at radius 1 is 0.958 bits per heavy atom. The first-order chi connectivity index (χ1) is 22.5. The smallest absolute Gasteiger partial charge is 0.162 e. The maximum atomic E-state index is 11.7. The van der Waals surface area contributed by atoms with Crippen molar-refractivity contribution in [3.8, 4) is 11.3 Å². The number of rotatable bonds is 9. The minimum Gasteiger partial charge on any atom is -0.512 e. The Hall–Kier alpha value is -2.70. The van der Waals surface area contributed by atoms with Gasteiger partial charge in [-0.1, -0.05) is 115 Å². The van der Waals surface area contributed by atoms with E-state index >= 15 is 0 Å². The van der Waals surface area contributed by atoms with Crippen molar-refractivity contribution in [2.75, 3.05) is 0 Å². The molecule has 0 amide bonds. The maximum absolute atomic E-state index is 11.7. The number of nitrogens with zero attached hydrogens (tertiary/aromatic N) is 2. The zero-order valence-corrected chi connectivity index (χ0v) is 34.8. The predicted molar refractivity (Wildman–Crippen MR) is 207 cm³/mol. The zero-order valence-electron chi connectivity index (χ0n) is 31.6. The van der Waals surface area contributed by atoms with Crippen LogP contribution in [0.15, 0.2) is 60.6 Å². The molecule has 0 saturated heterocycles. The minimum atomic E-state index is -1.46. The summed E-state index contributed by atoms with van der Waals surface area (Å²) in [5.74, 6) is 0.547. The molecule has 0 spiro atoms. The van der Waals surface area contributed by atoms with Gasteiger partial charge in [0.25, 0.3) is 0 Å². The van der Waals surface area contributed by atoms with Crippen LogP contribution in [0.25, 0.3) is 42.3 Å². The Kier molecular flexibility index (Phi) is 13.0. The molecule has 2 heterocycles. The largest absolute Gasteiger partial charge is 0.512 e. The molecular weight excluding hydrogens is 805 g/mol. The molecule has 1 N–H and O–H groups in total. The molecule has 5 rings (SSSR count). The second-order valence-corrected chi connectivity index (χ2v) is 20.8. The van der Waals surface area contributed by atoms with Gasteiger partial charge in [-0.05, 0) is 43.6 Å². The van der Waals surface area contributed by atoms with Crippen LogP contribution < -0.4 is 5.19 Å². The first-order valence-electron chi connectivity index (χ1n) is 17.7. The van der Waals surface area contributed by atoms with Crippen molar-refractivity contribution in [3.63, 3.8) is 0 Å². The van der Waals surface area contributed by atoms with Crippen LogP contribution in [0.3, 0.4) is 0 Å².